The van der Waals surface area contributed by atoms with Crippen molar-refractivity contribution in [2.45, 2.75) is 38.9 Å². The van der Waals surface area contributed by atoms with Crippen molar-refractivity contribution in [3.8, 4) is 56.4 Å². The van der Waals surface area contributed by atoms with E-state index in [2.05, 4.69) is 107 Å². The molecule has 0 N–H and O–H groups in total. The number of rotatable bonds is 6. The minimum absolute atomic E-state index is 0.474. The number of fused-ring (bicyclic) bond motifs is 1. The lowest BCUT2D eigenvalue weighted by Crippen LogP contribution is -2.41. The van der Waals surface area contributed by atoms with Gasteiger partial charge in [0.25, 0.3) is 0 Å². The molecule has 1 aliphatic rings. The molecule has 0 radical (unpaired) electrons. The molecule has 2 heterocycles. The highest BCUT2D eigenvalue weighted by Gasteiger charge is 2.51. The molecular formula is C43H36BN3O2. The molecule has 6 aromatic carbocycles. The van der Waals surface area contributed by atoms with Crippen molar-refractivity contribution in [3.05, 3.63) is 146 Å². The van der Waals surface area contributed by atoms with Crippen molar-refractivity contribution in [2.75, 3.05) is 0 Å². The maximum atomic E-state index is 6.61. The number of nitrogens with zero attached hydrogens (tertiary/aromatic N) is 3. The molecule has 49 heavy (non-hydrogen) atoms. The fraction of sp³-hybridized carbons (Fsp3) is 0.140. The lowest BCUT2D eigenvalue weighted by molar-refractivity contribution is 0.00578. The van der Waals surface area contributed by atoms with Gasteiger partial charge in [-0.15, -0.1) is 0 Å². The van der Waals surface area contributed by atoms with Crippen LogP contribution in [0.2, 0.25) is 0 Å². The van der Waals surface area contributed by atoms with E-state index < -0.39 is 18.3 Å². The molecule has 5 nitrogen and oxygen atoms in total. The Morgan fingerprint density at radius 3 is 1.53 bits per heavy atom. The SMILES string of the molecule is CC1(C)OB(c2cc(-c3ccccc3-c3nc(-c4ccccc4)nc(-c4ccccc4)n3)cc(-c3cccc4ccccc34)c2)OC1(C)C. The van der Waals surface area contributed by atoms with E-state index >= 15 is 0 Å². The molecule has 1 saturated heterocycles. The van der Waals surface area contributed by atoms with Gasteiger partial charge in [-0.05, 0) is 72.3 Å². The van der Waals surface area contributed by atoms with Crippen LogP contribution in [-0.4, -0.2) is 33.3 Å². The summed E-state index contributed by atoms with van der Waals surface area (Å²) < 4.78 is 13.2. The molecule has 0 unspecified atom stereocenters. The maximum Gasteiger partial charge on any atom is 0.494 e. The van der Waals surface area contributed by atoms with Gasteiger partial charge in [0.15, 0.2) is 17.5 Å². The summed E-state index contributed by atoms with van der Waals surface area (Å²) in [5.74, 6) is 1.86. The maximum absolute atomic E-state index is 6.61. The fourth-order valence-corrected chi connectivity index (χ4v) is 6.41. The summed E-state index contributed by atoms with van der Waals surface area (Å²) in [4.78, 5) is 15.1. The van der Waals surface area contributed by atoms with Crippen LogP contribution in [0, 0.1) is 0 Å². The van der Waals surface area contributed by atoms with Gasteiger partial charge < -0.3 is 9.31 Å². The van der Waals surface area contributed by atoms with E-state index in [0.29, 0.717) is 17.5 Å². The minimum atomic E-state index is -0.530. The highest BCUT2D eigenvalue weighted by molar-refractivity contribution is 6.62. The van der Waals surface area contributed by atoms with E-state index in [1.165, 1.54) is 10.8 Å². The van der Waals surface area contributed by atoms with Gasteiger partial charge in [-0.3, -0.25) is 0 Å². The van der Waals surface area contributed by atoms with Gasteiger partial charge in [-0.1, -0.05) is 140 Å². The van der Waals surface area contributed by atoms with E-state index in [1.54, 1.807) is 0 Å². The van der Waals surface area contributed by atoms with Gasteiger partial charge in [0.1, 0.15) is 0 Å². The fourth-order valence-electron chi connectivity index (χ4n) is 6.41. The van der Waals surface area contributed by atoms with Crippen molar-refractivity contribution < 1.29 is 9.31 Å². The largest absolute Gasteiger partial charge is 0.494 e. The molecule has 1 aliphatic heterocycles. The van der Waals surface area contributed by atoms with Gasteiger partial charge in [-0.25, -0.2) is 15.0 Å². The Kier molecular flexibility index (Phi) is 7.71. The monoisotopic (exact) mass is 637 g/mol. The zero-order chi connectivity index (χ0) is 33.6. The van der Waals surface area contributed by atoms with Gasteiger partial charge in [-0.2, -0.15) is 0 Å². The predicted octanol–water partition coefficient (Wildman–Crippen LogP) is 9.66. The third-order valence-electron chi connectivity index (χ3n) is 9.76. The second kappa shape index (κ2) is 12.2. The van der Waals surface area contributed by atoms with Gasteiger partial charge in [0.2, 0.25) is 0 Å². The van der Waals surface area contributed by atoms with Crippen LogP contribution in [0.15, 0.2) is 146 Å². The first-order valence-corrected chi connectivity index (χ1v) is 16.7. The van der Waals surface area contributed by atoms with Crippen LogP contribution in [0.3, 0.4) is 0 Å². The smallest absolute Gasteiger partial charge is 0.399 e. The Balaban J connectivity index is 1.34. The van der Waals surface area contributed by atoms with Crippen molar-refractivity contribution in [3.63, 3.8) is 0 Å². The summed E-state index contributed by atoms with van der Waals surface area (Å²) in [5.41, 5.74) is 7.04. The first-order chi connectivity index (χ1) is 23.8. The van der Waals surface area contributed by atoms with Crippen molar-refractivity contribution >= 4 is 23.4 Å². The molecule has 1 aromatic heterocycles. The lowest BCUT2D eigenvalue weighted by Gasteiger charge is -2.32. The summed E-state index contributed by atoms with van der Waals surface area (Å²) in [7, 11) is -0.530. The third-order valence-corrected chi connectivity index (χ3v) is 9.76. The number of aromatic nitrogens is 3. The number of benzene rings is 6. The molecule has 6 heteroatoms. The second-order valence-electron chi connectivity index (χ2n) is 13.5. The average molecular weight is 638 g/mol. The number of hydrogen-bond donors (Lipinski definition) is 0. The van der Waals surface area contributed by atoms with Crippen molar-refractivity contribution in [1.29, 1.82) is 0 Å². The normalized spacial score (nSPS) is 15.1. The molecule has 0 spiro atoms. The molecule has 0 saturated carbocycles. The highest BCUT2D eigenvalue weighted by atomic mass is 16.7. The van der Waals surface area contributed by atoms with Crippen LogP contribution in [0.25, 0.3) is 67.2 Å². The average Bonchev–Trinajstić information content (AvgIpc) is 3.37. The number of hydrogen-bond acceptors (Lipinski definition) is 5. The van der Waals surface area contributed by atoms with Crippen molar-refractivity contribution in [1.82, 2.24) is 15.0 Å². The topological polar surface area (TPSA) is 57.1 Å². The zero-order valence-electron chi connectivity index (χ0n) is 28.1. The summed E-state index contributed by atoms with van der Waals surface area (Å²) >= 11 is 0. The minimum Gasteiger partial charge on any atom is -0.399 e. The van der Waals surface area contributed by atoms with Crippen molar-refractivity contribution in [2.24, 2.45) is 0 Å². The molecule has 8 rings (SSSR count). The summed E-state index contributed by atoms with van der Waals surface area (Å²) in [6.45, 7) is 8.36. The predicted molar refractivity (Wildman–Crippen MR) is 200 cm³/mol. The molecule has 7 aromatic rings. The Morgan fingerprint density at radius 2 is 0.898 bits per heavy atom. The van der Waals surface area contributed by atoms with Crippen LogP contribution in [-0.2, 0) is 9.31 Å². The molecule has 0 atom stereocenters. The van der Waals surface area contributed by atoms with Crippen LogP contribution >= 0.6 is 0 Å². The van der Waals surface area contributed by atoms with E-state index in [9.17, 15) is 0 Å². The Morgan fingerprint density at radius 1 is 0.429 bits per heavy atom. The molecule has 0 aliphatic carbocycles. The third kappa shape index (κ3) is 5.84. The van der Waals surface area contributed by atoms with Gasteiger partial charge >= 0.3 is 7.12 Å². The molecule has 238 valence electrons. The highest BCUT2D eigenvalue weighted by Crippen LogP contribution is 2.39. The van der Waals surface area contributed by atoms with Crippen LogP contribution in [0.4, 0.5) is 0 Å². The lowest BCUT2D eigenvalue weighted by atomic mass is 9.76. The Bertz CT molecular complexity index is 2230. The first kappa shape index (κ1) is 30.9. The van der Waals surface area contributed by atoms with E-state index in [0.717, 1.165) is 44.4 Å². The quantitative estimate of drug-likeness (QED) is 0.170. The molecule has 0 amide bonds. The second-order valence-corrected chi connectivity index (χ2v) is 13.5. The van der Waals surface area contributed by atoms with E-state index in [-0.39, 0.29) is 0 Å². The zero-order valence-corrected chi connectivity index (χ0v) is 28.1. The van der Waals surface area contributed by atoms with Crippen LogP contribution in [0.1, 0.15) is 27.7 Å². The van der Waals surface area contributed by atoms with Crippen LogP contribution < -0.4 is 5.46 Å². The van der Waals surface area contributed by atoms with Crippen LogP contribution in [0.5, 0.6) is 0 Å². The summed E-state index contributed by atoms with van der Waals surface area (Å²) in [6, 6.07) is 50.1. The molecule has 0 bridgehead atoms. The Hall–Kier alpha value is -5.43. The summed E-state index contributed by atoms with van der Waals surface area (Å²) in [6.07, 6.45) is 0. The van der Waals surface area contributed by atoms with Gasteiger partial charge in [0, 0.05) is 16.7 Å². The Labute approximate surface area is 287 Å². The van der Waals surface area contributed by atoms with Gasteiger partial charge in [0.05, 0.1) is 11.2 Å². The molecule has 1 fully saturated rings. The summed E-state index contributed by atoms with van der Waals surface area (Å²) in [5, 5.41) is 2.38. The van der Waals surface area contributed by atoms with E-state index in [1.807, 2.05) is 66.7 Å². The first-order valence-electron chi connectivity index (χ1n) is 16.7. The molecular weight excluding hydrogens is 601 g/mol. The van der Waals surface area contributed by atoms with E-state index in [4.69, 9.17) is 24.3 Å². The standard InChI is InChI=1S/C43H36BN3O2/c1-42(2)43(3,4)49-44(48-42)34-27-32(36-25-15-21-29-16-11-12-22-35(29)36)26-33(28-34)37-23-13-14-24-38(37)41-46-39(30-17-7-5-8-18-30)45-40(47-41)31-19-9-6-10-20-31/h5-28H,1-4H3.